The summed E-state index contributed by atoms with van der Waals surface area (Å²) in [7, 11) is 1.37. The zero-order valence-electron chi connectivity index (χ0n) is 11.0. The molecule has 5 nitrogen and oxygen atoms in total. The second kappa shape index (κ2) is 4.57. The van der Waals surface area contributed by atoms with Gasteiger partial charge in [-0.15, -0.1) is 0 Å². The van der Waals surface area contributed by atoms with E-state index in [9.17, 15) is 4.79 Å². The van der Waals surface area contributed by atoms with Gasteiger partial charge in [0.15, 0.2) is 0 Å². The Morgan fingerprint density at radius 3 is 2.84 bits per heavy atom. The van der Waals surface area contributed by atoms with E-state index < -0.39 is 0 Å². The van der Waals surface area contributed by atoms with Gasteiger partial charge in [0, 0.05) is 18.5 Å². The van der Waals surface area contributed by atoms with Crippen molar-refractivity contribution in [3.63, 3.8) is 0 Å². The van der Waals surface area contributed by atoms with Crippen LogP contribution in [0.4, 0.5) is 0 Å². The Hall–Kier alpha value is -2.04. The van der Waals surface area contributed by atoms with Crippen LogP contribution in [0.1, 0.15) is 35.3 Å². The van der Waals surface area contributed by atoms with Gasteiger partial charge >= 0.3 is 5.97 Å². The number of pyridine rings is 1. The molecule has 0 unspecified atom stereocenters. The molecule has 5 heteroatoms. The highest BCUT2D eigenvalue weighted by atomic mass is 16.5. The highest BCUT2D eigenvalue weighted by Gasteiger charge is 2.23. The maximum Gasteiger partial charge on any atom is 0.343 e. The summed E-state index contributed by atoms with van der Waals surface area (Å²) in [6.07, 6.45) is 7.06. The van der Waals surface area contributed by atoms with E-state index in [1.807, 2.05) is 17.5 Å². The van der Waals surface area contributed by atoms with Gasteiger partial charge in [0.05, 0.1) is 18.9 Å². The normalized spacial score (nSPS) is 15.3. The van der Waals surface area contributed by atoms with Crippen LogP contribution >= 0.6 is 0 Å². The molecule has 2 heterocycles. The molecule has 0 aromatic carbocycles. The van der Waals surface area contributed by atoms with E-state index in [0.29, 0.717) is 11.3 Å². The second-order valence-corrected chi connectivity index (χ2v) is 4.86. The first kappa shape index (κ1) is 12.0. The van der Waals surface area contributed by atoms with Crippen LogP contribution in [0.15, 0.2) is 18.5 Å². The fourth-order valence-electron chi connectivity index (χ4n) is 2.17. The number of hydrogen-bond acceptors (Lipinski definition) is 4. The minimum absolute atomic E-state index is 0.210. The number of hydrogen-bond donors (Lipinski definition) is 0. The maximum atomic E-state index is 11.8. The first-order valence-corrected chi connectivity index (χ1v) is 6.41. The predicted molar refractivity (Wildman–Crippen MR) is 69.5 cm³/mol. The molecule has 1 aliphatic rings. The highest BCUT2D eigenvalue weighted by Crippen LogP contribution is 2.29. The summed E-state index contributed by atoms with van der Waals surface area (Å²) >= 11 is 0. The van der Waals surface area contributed by atoms with Crippen molar-refractivity contribution < 1.29 is 14.3 Å². The standard InChI is InChI=1S/C14H16N2O3/c1-9-7-16-8-11(14(17)18-2)12(6-13(16)15-9)19-10-4-3-5-10/h6-8,10H,3-5H2,1-2H3. The molecule has 1 aliphatic carbocycles. The Kier molecular flexibility index (Phi) is 2.89. The summed E-state index contributed by atoms with van der Waals surface area (Å²) in [6, 6.07) is 1.80. The number of aromatic nitrogens is 2. The number of nitrogens with zero attached hydrogens (tertiary/aromatic N) is 2. The largest absolute Gasteiger partial charge is 0.489 e. The fraction of sp³-hybridized carbons (Fsp3) is 0.429. The molecule has 0 spiro atoms. The van der Waals surface area contributed by atoms with Crippen LogP contribution in [0.3, 0.4) is 0 Å². The Labute approximate surface area is 111 Å². The lowest BCUT2D eigenvalue weighted by atomic mass is 9.96. The number of rotatable bonds is 3. The predicted octanol–water partition coefficient (Wildman–Crippen LogP) is 2.36. The molecule has 19 heavy (non-hydrogen) atoms. The van der Waals surface area contributed by atoms with Gasteiger partial charge in [0.25, 0.3) is 0 Å². The SMILES string of the molecule is COC(=O)c1cn2cc(C)nc2cc1OC1CCC1. The molecule has 0 saturated heterocycles. The molecule has 0 atom stereocenters. The molecule has 2 aromatic heterocycles. The molecule has 2 aromatic rings. The third-order valence-electron chi connectivity index (χ3n) is 3.43. The van der Waals surface area contributed by atoms with Gasteiger partial charge in [-0.05, 0) is 26.2 Å². The van der Waals surface area contributed by atoms with Crippen molar-refractivity contribution in [1.29, 1.82) is 0 Å². The number of esters is 1. The summed E-state index contributed by atoms with van der Waals surface area (Å²) in [5, 5.41) is 0. The zero-order valence-corrected chi connectivity index (χ0v) is 11.0. The molecule has 0 bridgehead atoms. The van der Waals surface area contributed by atoms with E-state index in [4.69, 9.17) is 9.47 Å². The van der Waals surface area contributed by atoms with Crippen LogP contribution < -0.4 is 4.74 Å². The van der Waals surface area contributed by atoms with E-state index in [0.717, 1.165) is 24.2 Å². The Morgan fingerprint density at radius 1 is 1.42 bits per heavy atom. The minimum Gasteiger partial charge on any atom is -0.489 e. The second-order valence-electron chi connectivity index (χ2n) is 4.86. The van der Waals surface area contributed by atoms with Crippen molar-refractivity contribution in [2.45, 2.75) is 32.3 Å². The van der Waals surface area contributed by atoms with Crippen molar-refractivity contribution in [1.82, 2.24) is 9.38 Å². The van der Waals surface area contributed by atoms with Crippen molar-refractivity contribution in [2.75, 3.05) is 7.11 Å². The summed E-state index contributed by atoms with van der Waals surface area (Å²) in [4.78, 5) is 16.2. The van der Waals surface area contributed by atoms with Crippen LogP contribution in [0.2, 0.25) is 0 Å². The average Bonchev–Trinajstić information content (AvgIpc) is 2.70. The average molecular weight is 260 g/mol. The van der Waals surface area contributed by atoms with Crippen molar-refractivity contribution >= 4 is 11.6 Å². The van der Waals surface area contributed by atoms with Gasteiger partial charge in [0.2, 0.25) is 0 Å². The Balaban J connectivity index is 2.06. The van der Waals surface area contributed by atoms with Crippen LogP contribution in [-0.2, 0) is 4.74 Å². The van der Waals surface area contributed by atoms with Crippen LogP contribution in [-0.4, -0.2) is 28.6 Å². The third-order valence-corrected chi connectivity index (χ3v) is 3.43. The summed E-state index contributed by atoms with van der Waals surface area (Å²) < 4.78 is 12.5. The van der Waals surface area contributed by atoms with E-state index in [2.05, 4.69) is 4.98 Å². The van der Waals surface area contributed by atoms with E-state index in [1.165, 1.54) is 13.5 Å². The lowest BCUT2D eigenvalue weighted by molar-refractivity contribution is 0.0584. The molecule has 0 amide bonds. The number of aryl methyl sites for hydroxylation is 1. The Bertz CT molecular complexity index is 629. The van der Waals surface area contributed by atoms with Crippen LogP contribution in [0.25, 0.3) is 5.65 Å². The molecule has 0 aliphatic heterocycles. The van der Waals surface area contributed by atoms with Crippen molar-refractivity contribution in [3.8, 4) is 5.75 Å². The summed E-state index contributed by atoms with van der Waals surface area (Å²) in [5.74, 6) is 0.178. The molecular formula is C14H16N2O3. The van der Waals surface area contributed by atoms with Gasteiger partial charge in [-0.25, -0.2) is 9.78 Å². The minimum atomic E-state index is -0.387. The number of imidazole rings is 1. The molecule has 1 fully saturated rings. The maximum absolute atomic E-state index is 11.8. The van der Waals surface area contributed by atoms with Gasteiger partial charge in [0.1, 0.15) is 17.0 Å². The summed E-state index contributed by atoms with van der Waals surface area (Å²) in [5.41, 5.74) is 2.12. The van der Waals surface area contributed by atoms with Crippen molar-refractivity contribution in [2.24, 2.45) is 0 Å². The fourth-order valence-corrected chi connectivity index (χ4v) is 2.17. The number of fused-ring (bicyclic) bond motifs is 1. The molecule has 0 radical (unpaired) electrons. The zero-order chi connectivity index (χ0) is 13.4. The van der Waals surface area contributed by atoms with E-state index in [-0.39, 0.29) is 12.1 Å². The molecule has 3 rings (SSSR count). The number of carbonyl (C=O) groups is 1. The van der Waals surface area contributed by atoms with Crippen molar-refractivity contribution in [3.05, 3.63) is 29.7 Å². The first-order chi connectivity index (χ1) is 9.17. The molecule has 0 N–H and O–H groups in total. The number of carbonyl (C=O) groups excluding carboxylic acids is 1. The third kappa shape index (κ3) is 2.16. The van der Waals surface area contributed by atoms with E-state index >= 15 is 0 Å². The number of methoxy groups -OCH3 is 1. The molecule has 100 valence electrons. The first-order valence-electron chi connectivity index (χ1n) is 6.41. The lowest BCUT2D eigenvalue weighted by Crippen LogP contribution is -2.25. The van der Waals surface area contributed by atoms with Gasteiger partial charge in [-0.3, -0.25) is 0 Å². The highest BCUT2D eigenvalue weighted by molar-refractivity contribution is 5.92. The van der Waals surface area contributed by atoms with Gasteiger partial charge in [-0.1, -0.05) is 0 Å². The van der Waals surface area contributed by atoms with Gasteiger partial charge < -0.3 is 13.9 Å². The summed E-state index contributed by atoms with van der Waals surface area (Å²) in [6.45, 7) is 1.91. The topological polar surface area (TPSA) is 52.8 Å². The quantitative estimate of drug-likeness (QED) is 0.795. The smallest absolute Gasteiger partial charge is 0.343 e. The monoisotopic (exact) mass is 260 g/mol. The number of ether oxygens (including phenoxy) is 2. The Morgan fingerprint density at radius 2 is 2.21 bits per heavy atom. The van der Waals surface area contributed by atoms with Crippen LogP contribution in [0, 0.1) is 6.92 Å². The van der Waals surface area contributed by atoms with Crippen LogP contribution in [0.5, 0.6) is 5.75 Å². The van der Waals surface area contributed by atoms with Gasteiger partial charge in [-0.2, -0.15) is 0 Å². The lowest BCUT2D eigenvalue weighted by Gasteiger charge is -2.27. The molecular weight excluding hydrogens is 244 g/mol. The van der Waals surface area contributed by atoms with E-state index in [1.54, 1.807) is 12.3 Å². The molecule has 1 saturated carbocycles.